The summed E-state index contributed by atoms with van der Waals surface area (Å²) in [5.41, 5.74) is 1.86. The van der Waals surface area contributed by atoms with Crippen LogP contribution in [0.1, 0.15) is 32.1 Å². The highest BCUT2D eigenvalue weighted by Crippen LogP contribution is 2.26. The summed E-state index contributed by atoms with van der Waals surface area (Å²) in [4.78, 5) is 26.2. The van der Waals surface area contributed by atoms with Crippen LogP contribution in [-0.4, -0.2) is 61.8 Å². The molecule has 4 rings (SSSR count). The third-order valence-corrected chi connectivity index (χ3v) is 6.28. The molecule has 0 spiro atoms. The molecule has 29 heavy (non-hydrogen) atoms. The Hall–Kier alpha value is -2.55. The highest BCUT2D eigenvalue weighted by atomic mass is 32.2. The normalized spacial score (nSPS) is 15.1. The van der Waals surface area contributed by atoms with Gasteiger partial charge in [-0.3, -0.25) is 18.6 Å². The van der Waals surface area contributed by atoms with Crippen molar-refractivity contribution in [1.29, 1.82) is 0 Å². The van der Waals surface area contributed by atoms with Crippen LogP contribution >= 0.6 is 11.8 Å². The lowest BCUT2D eigenvalue weighted by molar-refractivity contribution is -0.126. The van der Waals surface area contributed by atoms with Crippen LogP contribution in [0.5, 0.6) is 0 Å². The van der Waals surface area contributed by atoms with Crippen LogP contribution in [-0.2, 0) is 16.1 Å². The van der Waals surface area contributed by atoms with Gasteiger partial charge in [0.25, 0.3) is 0 Å². The van der Waals surface area contributed by atoms with E-state index in [1.165, 1.54) is 31.0 Å². The number of aromatic nitrogens is 4. The molecule has 0 saturated heterocycles. The number of hydrogen-bond donors (Lipinski definition) is 1. The molecule has 0 atom stereocenters. The molecular weight excluding hydrogens is 388 g/mol. The first-order chi connectivity index (χ1) is 14.0. The molecule has 0 aliphatic heterocycles. The molecule has 1 aromatic carbocycles. The first-order valence-electron chi connectivity index (χ1n) is 9.99. The van der Waals surface area contributed by atoms with Gasteiger partial charge in [-0.1, -0.05) is 43.2 Å². The number of nitrogens with one attached hydrogen (secondary N) is 1. The van der Waals surface area contributed by atoms with Crippen LogP contribution in [0.2, 0.25) is 0 Å². The van der Waals surface area contributed by atoms with E-state index in [9.17, 15) is 9.59 Å². The Morgan fingerprint density at radius 2 is 1.86 bits per heavy atom. The largest absolute Gasteiger partial charge is 0.352 e. The van der Waals surface area contributed by atoms with Gasteiger partial charge < -0.3 is 10.2 Å². The maximum Gasteiger partial charge on any atom is 0.240 e. The number of hydrogen-bond acceptors (Lipinski definition) is 5. The second kappa shape index (κ2) is 8.44. The summed E-state index contributed by atoms with van der Waals surface area (Å²) in [6.45, 7) is 0.201. The zero-order chi connectivity index (χ0) is 20.4. The average molecular weight is 415 g/mol. The molecular formula is C20H26N6O2S. The number of para-hydroxylation sites is 2. The SMILES string of the molecule is CN(C)C(=O)CSc1nnc2n(CC(=O)NC3CCCCC3)c3ccccc3n12. The van der Waals surface area contributed by atoms with E-state index in [-0.39, 0.29) is 30.2 Å². The number of nitrogens with zero attached hydrogens (tertiary/aromatic N) is 5. The Bertz CT molecular complexity index is 1030. The van der Waals surface area contributed by atoms with E-state index in [2.05, 4.69) is 15.5 Å². The number of amides is 2. The van der Waals surface area contributed by atoms with Crippen molar-refractivity contribution in [1.82, 2.24) is 29.4 Å². The van der Waals surface area contributed by atoms with Crippen molar-refractivity contribution in [3.05, 3.63) is 24.3 Å². The third-order valence-electron chi connectivity index (χ3n) is 5.37. The monoisotopic (exact) mass is 414 g/mol. The molecule has 1 N–H and O–H groups in total. The molecule has 2 amide bonds. The predicted molar refractivity (Wildman–Crippen MR) is 113 cm³/mol. The van der Waals surface area contributed by atoms with Crippen molar-refractivity contribution in [2.45, 2.75) is 49.8 Å². The maximum absolute atomic E-state index is 12.7. The van der Waals surface area contributed by atoms with Gasteiger partial charge in [0.15, 0.2) is 5.16 Å². The van der Waals surface area contributed by atoms with Gasteiger partial charge in [0.2, 0.25) is 17.6 Å². The summed E-state index contributed by atoms with van der Waals surface area (Å²) in [6, 6.07) is 8.15. The second-order valence-corrected chi connectivity index (χ2v) is 8.61. The van der Waals surface area contributed by atoms with Gasteiger partial charge in [0.1, 0.15) is 6.54 Å². The van der Waals surface area contributed by atoms with Gasteiger partial charge in [-0.2, -0.15) is 0 Å². The summed E-state index contributed by atoms with van der Waals surface area (Å²) < 4.78 is 3.83. The van der Waals surface area contributed by atoms with Crippen LogP contribution < -0.4 is 5.32 Å². The minimum atomic E-state index is 0.000131. The van der Waals surface area contributed by atoms with Gasteiger partial charge in [-0.15, -0.1) is 10.2 Å². The van der Waals surface area contributed by atoms with Crippen molar-refractivity contribution in [2.24, 2.45) is 0 Å². The minimum Gasteiger partial charge on any atom is -0.352 e. The molecule has 1 aliphatic rings. The Labute approximate surface area is 173 Å². The van der Waals surface area contributed by atoms with Gasteiger partial charge >= 0.3 is 0 Å². The molecule has 1 saturated carbocycles. The van der Waals surface area contributed by atoms with Crippen molar-refractivity contribution >= 4 is 40.4 Å². The third kappa shape index (κ3) is 4.10. The zero-order valence-electron chi connectivity index (χ0n) is 16.8. The molecule has 9 heteroatoms. The number of carbonyl (C=O) groups excluding carboxylic acids is 2. The fourth-order valence-electron chi connectivity index (χ4n) is 3.81. The van der Waals surface area contributed by atoms with Crippen molar-refractivity contribution in [3.63, 3.8) is 0 Å². The number of benzene rings is 1. The van der Waals surface area contributed by atoms with E-state index in [0.29, 0.717) is 10.9 Å². The molecule has 154 valence electrons. The summed E-state index contributed by atoms with van der Waals surface area (Å²) in [6.07, 6.45) is 5.72. The summed E-state index contributed by atoms with van der Waals surface area (Å²) in [5, 5.41) is 12.4. The van der Waals surface area contributed by atoms with Crippen LogP contribution in [0.4, 0.5) is 0 Å². The summed E-state index contributed by atoms with van der Waals surface area (Å²) in [7, 11) is 3.47. The number of fused-ring (bicyclic) bond motifs is 3. The maximum atomic E-state index is 12.7. The van der Waals surface area contributed by atoms with Crippen molar-refractivity contribution in [3.8, 4) is 0 Å². The number of rotatable bonds is 6. The highest BCUT2D eigenvalue weighted by Gasteiger charge is 2.21. The highest BCUT2D eigenvalue weighted by molar-refractivity contribution is 7.99. The van der Waals surface area contributed by atoms with E-state index in [1.54, 1.807) is 19.0 Å². The quantitative estimate of drug-likeness (QED) is 0.626. The van der Waals surface area contributed by atoms with Crippen LogP contribution in [0, 0.1) is 0 Å². The van der Waals surface area contributed by atoms with E-state index in [1.807, 2.05) is 33.2 Å². The fourth-order valence-corrected chi connectivity index (χ4v) is 4.72. The summed E-state index contributed by atoms with van der Waals surface area (Å²) in [5.74, 6) is 0.919. The molecule has 2 aromatic heterocycles. The van der Waals surface area contributed by atoms with Gasteiger partial charge in [-0.25, -0.2) is 0 Å². The number of thioether (sulfide) groups is 1. The Morgan fingerprint density at radius 3 is 2.59 bits per heavy atom. The van der Waals surface area contributed by atoms with Crippen molar-refractivity contribution in [2.75, 3.05) is 19.8 Å². The Balaban J connectivity index is 1.61. The lowest BCUT2D eigenvalue weighted by Crippen LogP contribution is -2.38. The van der Waals surface area contributed by atoms with Crippen LogP contribution in [0.3, 0.4) is 0 Å². The van der Waals surface area contributed by atoms with Gasteiger partial charge in [-0.05, 0) is 25.0 Å². The Kier molecular flexibility index (Phi) is 5.75. The van der Waals surface area contributed by atoms with E-state index in [0.717, 1.165) is 23.9 Å². The molecule has 0 unspecified atom stereocenters. The van der Waals surface area contributed by atoms with Crippen LogP contribution in [0.25, 0.3) is 16.8 Å². The number of imidazole rings is 1. The molecule has 0 bridgehead atoms. The molecule has 1 aliphatic carbocycles. The van der Waals surface area contributed by atoms with Crippen LogP contribution in [0.15, 0.2) is 29.4 Å². The summed E-state index contributed by atoms with van der Waals surface area (Å²) >= 11 is 1.35. The lowest BCUT2D eigenvalue weighted by Gasteiger charge is -2.22. The topological polar surface area (TPSA) is 84.5 Å². The first kappa shape index (κ1) is 19.8. The molecule has 1 fully saturated rings. The van der Waals surface area contributed by atoms with Crippen molar-refractivity contribution < 1.29 is 9.59 Å². The van der Waals surface area contributed by atoms with Gasteiger partial charge in [0, 0.05) is 20.1 Å². The Morgan fingerprint density at radius 1 is 1.14 bits per heavy atom. The number of carbonyl (C=O) groups is 2. The van der Waals surface area contributed by atoms with E-state index in [4.69, 9.17) is 0 Å². The minimum absolute atomic E-state index is 0.000131. The lowest BCUT2D eigenvalue weighted by atomic mass is 9.95. The first-order valence-corrected chi connectivity index (χ1v) is 11.0. The van der Waals surface area contributed by atoms with E-state index >= 15 is 0 Å². The standard InChI is InChI=1S/C20H26N6O2S/c1-24(2)18(28)13-29-20-23-22-19-25(15-10-6-7-11-16(15)26(19)20)12-17(27)21-14-8-4-3-5-9-14/h6-7,10-11,14H,3-5,8-9,12-13H2,1-2H3,(H,21,27). The molecule has 3 aromatic rings. The molecule has 2 heterocycles. The smallest absolute Gasteiger partial charge is 0.240 e. The molecule has 0 radical (unpaired) electrons. The average Bonchev–Trinajstić information content (AvgIpc) is 3.26. The predicted octanol–water partition coefficient (Wildman–Crippen LogP) is 2.31. The molecule has 8 nitrogen and oxygen atoms in total. The fraction of sp³-hybridized carbons (Fsp3) is 0.500. The second-order valence-electron chi connectivity index (χ2n) is 7.67. The van der Waals surface area contributed by atoms with Gasteiger partial charge in [0.05, 0.1) is 16.8 Å². The zero-order valence-corrected chi connectivity index (χ0v) is 17.6. The van der Waals surface area contributed by atoms with E-state index < -0.39 is 0 Å².